The molecule has 74 valence electrons. The van der Waals surface area contributed by atoms with Gasteiger partial charge in [0.25, 0.3) is 0 Å². The highest BCUT2D eigenvalue weighted by Crippen LogP contribution is 2.24. The molecule has 0 radical (unpaired) electrons. The summed E-state index contributed by atoms with van der Waals surface area (Å²) in [7, 11) is 2.21. The molecule has 0 aromatic rings. The Bertz CT molecular complexity index is 184. The molecular formula is C11H20N2. The fraction of sp³-hybridized carbons (Fsp3) is 0.818. The van der Waals surface area contributed by atoms with Crippen molar-refractivity contribution < 1.29 is 0 Å². The molecule has 0 aromatic heterocycles. The Balaban J connectivity index is 1.70. The van der Waals surface area contributed by atoms with Gasteiger partial charge < -0.3 is 4.90 Å². The van der Waals surface area contributed by atoms with E-state index in [-0.39, 0.29) is 0 Å². The Labute approximate surface area is 81.2 Å². The van der Waals surface area contributed by atoms with Crippen molar-refractivity contribution in [3.05, 3.63) is 11.6 Å². The molecule has 2 rings (SSSR count). The van der Waals surface area contributed by atoms with Gasteiger partial charge in [-0.3, -0.25) is 4.90 Å². The predicted molar refractivity (Wildman–Crippen MR) is 55.9 cm³/mol. The largest absolute Gasteiger partial charge is 0.304 e. The minimum atomic E-state index is 1.20. The van der Waals surface area contributed by atoms with E-state index in [4.69, 9.17) is 0 Å². The first kappa shape index (κ1) is 9.22. The fourth-order valence-corrected chi connectivity index (χ4v) is 1.87. The van der Waals surface area contributed by atoms with Crippen LogP contribution in [0.2, 0.25) is 0 Å². The lowest BCUT2D eigenvalue weighted by atomic mass is 9.92. The highest BCUT2D eigenvalue weighted by Gasteiger charge is 2.13. The van der Waals surface area contributed by atoms with E-state index < -0.39 is 0 Å². The van der Waals surface area contributed by atoms with Gasteiger partial charge in [-0.1, -0.05) is 11.6 Å². The van der Waals surface area contributed by atoms with Gasteiger partial charge in [-0.2, -0.15) is 0 Å². The third-order valence-corrected chi connectivity index (χ3v) is 3.23. The molecule has 2 heteroatoms. The van der Waals surface area contributed by atoms with Gasteiger partial charge >= 0.3 is 0 Å². The van der Waals surface area contributed by atoms with E-state index in [1.165, 1.54) is 52.0 Å². The second kappa shape index (κ2) is 4.25. The van der Waals surface area contributed by atoms with Crippen molar-refractivity contribution in [2.24, 2.45) is 0 Å². The molecule has 0 spiro atoms. The van der Waals surface area contributed by atoms with Crippen molar-refractivity contribution >= 4 is 0 Å². The molecule has 1 aliphatic carbocycles. The monoisotopic (exact) mass is 180 g/mol. The van der Waals surface area contributed by atoms with Crippen LogP contribution in [0.5, 0.6) is 0 Å². The van der Waals surface area contributed by atoms with Crippen molar-refractivity contribution in [2.45, 2.75) is 19.3 Å². The van der Waals surface area contributed by atoms with Crippen LogP contribution in [0.4, 0.5) is 0 Å². The number of rotatable bonds is 2. The molecule has 2 aliphatic rings. The van der Waals surface area contributed by atoms with Crippen LogP contribution in [0.3, 0.4) is 0 Å². The lowest BCUT2D eigenvalue weighted by Crippen LogP contribution is -2.44. The number of hydrogen-bond donors (Lipinski definition) is 0. The van der Waals surface area contributed by atoms with Gasteiger partial charge in [0.15, 0.2) is 0 Å². The average molecular weight is 180 g/mol. The summed E-state index contributed by atoms with van der Waals surface area (Å²) in [6, 6.07) is 0. The molecule has 2 fully saturated rings. The number of likely N-dealkylation sites (N-methyl/N-ethyl adjacent to an activating group) is 1. The maximum absolute atomic E-state index is 2.56. The number of hydrogen-bond acceptors (Lipinski definition) is 2. The zero-order valence-corrected chi connectivity index (χ0v) is 8.63. The van der Waals surface area contributed by atoms with Crippen LogP contribution in [-0.2, 0) is 0 Å². The van der Waals surface area contributed by atoms with E-state index in [0.717, 1.165) is 0 Å². The second-order valence-electron chi connectivity index (χ2n) is 4.32. The Morgan fingerprint density at radius 1 is 1.15 bits per heavy atom. The molecule has 1 aliphatic heterocycles. The van der Waals surface area contributed by atoms with E-state index in [0.29, 0.717) is 0 Å². The van der Waals surface area contributed by atoms with Crippen LogP contribution in [0.1, 0.15) is 19.3 Å². The third-order valence-electron chi connectivity index (χ3n) is 3.23. The zero-order chi connectivity index (χ0) is 9.10. The van der Waals surface area contributed by atoms with E-state index in [9.17, 15) is 0 Å². The van der Waals surface area contributed by atoms with E-state index >= 15 is 0 Å². The second-order valence-corrected chi connectivity index (χ2v) is 4.32. The lowest BCUT2D eigenvalue weighted by Gasteiger charge is -2.32. The van der Waals surface area contributed by atoms with Crippen LogP contribution in [0.15, 0.2) is 11.6 Å². The number of nitrogens with zero attached hydrogens (tertiary/aromatic N) is 2. The maximum Gasteiger partial charge on any atom is 0.0166 e. The molecular weight excluding hydrogens is 160 g/mol. The van der Waals surface area contributed by atoms with Crippen molar-refractivity contribution in [3.63, 3.8) is 0 Å². The SMILES string of the molecule is CN1CCN(CC=C2CCC2)CC1. The van der Waals surface area contributed by atoms with Crippen molar-refractivity contribution in [1.29, 1.82) is 0 Å². The van der Waals surface area contributed by atoms with Gasteiger partial charge in [-0.25, -0.2) is 0 Å². The van der Waals surface area contributed by atoms with E-state index in [1.54, 1.807) is 5.57 Å². The minimum Gasteiger partial charge on any atom is -0.304 e. The van der Waals surface area contributed by atoms with Crippen LogP contribution in [0, 0.1) is 0 Å². The summed E-state index contributed by atoms with van der Waals surface area (Å²) in [5, 5.41) is 0. The molecule has 1 heterocycles. The van der Waals surface area contributed by atoms with Crippen molar-refractivity contribution in [2.75, 3.05) is 39.8 Å². The van der Waals surface area contributed by atoms with E-state index in [2.05, 4.69) is 22.9 Å². The standard InChI is InChI=1S/C11H20N2/c1-12-7-9-13(10-8-12)6-5-11-3-2-4-11/h5H,2-4,6-10H2,1H3. The highest BCUT2D eigenvalue weighted by molar-refractivity contribution is 5.10. The molecule has 1 saturated heterocycles. The summed E-state index contributed by atoms with van der Waals surface area (Å²) >= 11 is 0. The average Bonchev–Trinajstić information content (AvgIpc) is 2.05. The minimum absolute atomic E-state index is 1.20. The Hall–Kier alpha value is -0.340. The molecule has 13 heavy (non-hydrogen) atoms. The smallest absolute Gasteiger partial charge is 0.0166 e. The summed E-state index contributed by atoms with van der Waals surface area (Å²) in [5.41, 5.74) is 1.69. The van der Waals surface area contributed by atoms with Gasteiger partial charge in [0.2, 0.25) is 0 Å². The zero-order valence-electron chi connectivity index (χ0n) is 8.63. The van der Waals surface area contributed by atoms with Gasteiger partial charge in [0.05, 0.1) is 0 Å². The first-order valence-electron chi connectivity index (χ1n) is 5.43. The number of allylic oxidation sites excluding steroid dienone is 1. The molecule has 0 bridgehead atoms. The summed E-state index contributed by atoms with van der Waals surface area (Å²) in [5.74, 6) is 0. The summed E-state index contributed by atoms with van der Waals surface area (Å²) in [6.07, 6.45) is 6.62. The first-order valence-corrected chi connectivity index (χ1v) is 5.43. The Kier molecular flexibility index (Phi) is 3.01. The van der Waals surface area contributed by atoms with E-state index in [1.807, 2.05) is 0 Å². The fourth-order valence-electron chi connectivity index (χ4n) is 1.87. The third kappa shape index (κ3) is 2.55. The number of piperazine rings is 1. The van der Waals surface area contributed by atoms with Crippen molar-refractivity contribution in [3.8, 4) is 0 Å². The molecule has 0 aromatic carbocycles. The quantitative estimate of drug-likeness (QED) is 0.592. The van der Waals surface area contributed by atoms with Crippen LogP contribution >= 0.6 is 0 Å². The van der Waals surface area contributed by atoms with Crippen LogP contribution in [0.25, 0.3) is 0 Å². The maximum atomic E-state index is 2.56. The topological polar surface area (TPSA) is 6.48 Å². The lowest BCUT2D eigenvalue weighted by molar-refractivity contribution is 0.166. The first-order chi connectivity index (χ1) is 6.34. The molecule has 2 nitrogen and oxygen atoms in total. The molecule has 0 amide bonds. The highest BCUT2D eigenvalue weighted by atomic mass is 15.2. The normalized spacial score (nSPS) is 25.8. The van der Waals surface area contributed by atoms with Crippen LogP contribution < -0.4 is 0 Å². The Morgan fingerprint density at radius 2 is 1.85 bits per heavy atom. The Morgan fingerprint density at radius 3 is 2.38 bits per heavy atom. The summed E-state index contributed by atoms with van der Waals surface area (Å²) < 4.78 is 0. The van der Waals surface area contributed by atoms with Gasteiger partial charge in [0, 0.05) is 32.7 Å². The molecule has 0 N–H and O–H groups in total. The van der Waals surface area contributed by atoms with Gasteiger partial charge in [-0.05, 0) is 26.3 Å². The van der Waals surface area contributed by atoms with Gasteiger partial charge in [0.1, 0.15) is 0 Å². The predicted octanol–water partition coefficient (Wildman–Crippen LogP) is 1.34. The summed E-state index contributed by atoms with van der Waals surface area (Å²) in [6.45, 7) is 6.18. The molecule has 0 unspecified atom stereocenters. The van der Waals surface area contributed by atoms with Crippen LogP contribution in [-0.4, -0.2) is 49.6 Å². The molecule has 1 saturated carbocycles. The molecule has 0 atom stereocenters. The van der Waals surface area contributed by atoms with Gasteiger partial charge in [-0.15, -0.1) is 0 Å². The summed E-state index contributed by atoms with van der Waals surface area (Å²) in [4.78, 5) is 4.97. The van der Waals surface area contributed by atoms with Crippen molar-refractivity contribution in [1.82, 2.24) is 9.80 Å².